The van der Waals surface area contributed by atoms with Crippen molar-refractivity contribution >= 4 is 5.91 Å². The molecule has 12 heavy (non-hydrogen) atoms. The number of nitrogens with one attached hydrogen (secondary N) is 1. The van der Waals surface area contributed by atoms with Crippen molar-refractivity contribution in [2.45, 2.75) is 33.6 Å². The van der Waals surface area contributed by atoms with E-state index in [1.54, 1.807) is 0 Å². The minimum absolute atomic E-state index is 0.138. The SMILES string of the molecule is CCNC(=O)C1=C(C)CC(C)C1. The first-order valence-corrected chi connectivity index (χ1v) is 4.62. The molecule has 1 aliphatic carbocycles. The van der Waals surface area contributed by atoms with Crippen molar-refractivity contribution in [2.75, 3.05) is 6.54 Å². The molecule has 1 aliphatic rings. The van der Waals surface area contributed by atoms with Crippen molar-refractivity contribution in [1.82, 2.24) is 5.32 Å². The van der Waals surface area contributed by atoms with Gasteiger partial charge in [-0.1, -0.05) is 12.5 Å². The lowest BCUT2D eigenvalue weighted by Crippen LogP contribution is -2.24. The van der Waals surface area contributed by atoms with Gasteiger partial charge in [0.2, 0.25) is 5.91 Å². The Bertz CT molecular complexity index is 218. The molecule has 68 valence electrons. The molecule has 1 unspecified atom stereocenters. The first-order chi connectivity index (χ1) is 5.65. The van der Waals surface area contributed by atoms with Crippen LogP contribution in [0.3, 0.4) is 0 Å². The summed E-state index contributed by atoms with van der Waals surface area (Å²) in [5.41, 5.74) is 2.29. The summed E-state index contributed by atoms with van der Waals surface area (Å²) >= 11 is 0. The highest BCUT2D eigenvalue weighted by molar-refractivity contribution is 5.94. The number of likely N-dealkylation sites (N-methyl/N-ethyl adjacent to an activating group) is 1. The third-order valence-corrected chi connectivity index (χ3v) is 2.33. The van der Waals surface area contributed by atoms with Crippen LogP contribution in [0.1, 0.15) is 33.6 Å². The van der Waals surface area contributed by atoms with Crippen LogP contribution in [-0.4, -0.2) is 12.5 Å². The molecule has 0 aromatic carbocycles. The number of allylic oxidation sites excluding steroid dienone is 1. The monoisotopic (exact) mass is 167 g/mol. The smallest absolute Gasteiger partial charge is 0.247 e. The van der Waals surface area contributed by atoms with Crippen LogP contribution in [0.2, 0.25) is 0 Å². The fourth-order valence-corrected chi connectivity index (χ4v) is 1.79. The maximum Gasteiger partial charge on any atom is 0.247 e. The van der Waals surface area contributed by atoms with Crippen molar-refractivity contribution < 1.29 is 4.79 Å². The quantitative estimate of drug-likeness (QED) is 0.668. The Balaban J connectivity index is 2.62. The number of hydrogen-bond donors (Lipinski definition) is 1. The molecule has 0 aliphatic heterocycles. The third kappa shape index (κ3) is 1.87. The maximum absolute atomic E-state index is 11.4. The van der Waals surface area contributed by atoms with Gasteiger partial charge in [-0.05, 0) is 32.6 Å². The maximum atomic E-state index is 11.4. The summed E-state index contributed by atoms with van der Waals surface area (Å²) in [6.45, 7) is 6.93. The molecular formula is C10H17NO. The van der Waals surface area contributed by atoms with Gasteiger partial charge in [0.05, 0.1) is 0 Å². The van der Waals surface area contributed by atoms with E-state index in [4.69, 9.17) is 0 Å². The number of hydrogen-bond acceptors (Lipinski definition) is 1. The Kier molecular flexibility index (Phi) is 2.90. The first kappa shape index (κ1) is 9.30. The average Bonchev–Trinajstić information content (AvgIpc) is 2.30. The Hall–Kier alpha value is -0.790. The average molecular weight is 167 g/mol. The molecule has 0 saturated heterocycles. The van der Waals surface area contributed by atoms with E-state index in [0.717, 1.165) is 25.0 Å². The van der Waals surface area contributed by atoms with Crippen LogP contribution in [-0.2, 0) is 4.79 Å². The van der Waals surface area contributed by atoms with E-state index in [9.17, 15) is 4.79 Å². The zero-order valence-corrected chi connectivity index (χ0v) is 8.11. The van der Waals surface area contributed by atoms with Crippen molar-refractivity contribution in [3.8, 4) is 0 Å². The van der Waals surface area contributed by atoms with Gasteiger partial charge < -0.3 is 5.32 Å². The van der Waals surface area contributed by atoms with E-state index in [1.165, 1.54) is 5.57 Å². The molecule has 1 amide bonds. The zero-order chi connectivity index (χ0) is 9.14. The Labute approximate surface area is 74.0 Å². The predicted octanol–water partition coefficient (Wildman–Crippen LogP) is 1.87. The highest BCUT2D eigenvalue weighted by Crippen LogP contribution is 2.30. The molecule has 2 heteroatoms. The standard InChI is InChI=1S/C10H17NO/c1-4-11-10(12)9-6-7(2)5-8(9)3/h7H,4-6H2,1-3H3,(H,11,12). The van der Waals surface area contributed by atoms with Gasteiger partial charge in [0.25, 0.3) is 0 Å². The van der Waals surface area contributed by atoms with Gasteiger partial charge in [-0.15, -0.1) is 0 Å². The molecule has 0 fully saturated rings. The van der Waals surface area contributed by atoms with Crippen LogP contribution in [0, 0.1) is 5.92 Å². The molecule has 1 rings (SSSR count). The predicted molar refractivity (Wildman–Crippen MR) is 49.8 cm³/mol. The lowest BCUT2D eigenvalue weighted by atomic mass is 10.1. The summed E-state index contributed by atoms with van der Waals surface area (Å²) in [6.07, 6.45) is 2.05. The number of rotatable bonds is 2. The minimum Gasteiger partial charge on any atom is -0.353 e. The topological polar surface area (TPSA) is 29.1 Å². The molecule has 1 N–H and O–H groups in total. The molecule has 0 spiro atoms. The van der Waals surface area contributed by atoms with Crippen molar-refractivity contribution in [3.63, 3.8) is 0 Å². The second-order valence-corrected chi connectivity index (χ2v) is 3.63. The van der Waals surface area contributed by atoms with Crippen LogP contribution in [0.25, 0.3) is 0 Å². The van der Waals surface area contributed by atoms with E-state index in [1.807, 2.05) is 6.92 Å². The van der Waals surface area contributed by atoms with Gasteiger partial charge in [-0.25, -0.2) is 0 Å². The van der Waals surface area contributed by atoms with Gasteiger partial charge in [0, 0.05) is 12.1 Å². The van der Waals surface area contributed by atoms with Crippen LogP contribution in [0.4, 0.5) is 0 Å². The number of amides is 1. The summed E-state index contributed by atoms with van der Waals surface area (Å²) in [7, 11) is 0. The molecule has 0 aromatic rings. The van der Waals surface area contributed by atoms with Gasteiger partial charge in [-0.3, -0.25) is 4.79 Å². The molecule has 0 bridgehead atoms. The second kappa shape index (κ2) is 3.74. The van der Waals surface area contributed by atoms with Crippen LogP contribution >= 0.6 is 0 Å². The summed E-state index contributed by atoms with van der Waals surface area (Å²) in [4.78, 5) is 11.4. The Morgan fingerprint density at radius 1 is 1.58 bits per heavy atom. The van der Waals surface area contributed by atoms with Gasteiger partial charge in [0.15, 0.2) is 0 Å². The molecule has 0 aromatic heterocycles. The van der Waals surface area contributed by atoms with Crippen molar-refractivity contribution in [1.29, 1.82) is 0 Å². The summed E-state index contributed by atoms with van der Waals surface area (Å²) in [5, 5.41) is 2.84. The van der Waals surface area contributed by atoms with Gasteiger partial charge >= 0.3 is 0 Å². The zero-order valence-electron chi connectivity index (χ0n) is 8.11. The largest absolute Gasteiger partial charge is 0.353 e. The lowest BCUT2D eigenvalue weighted by molar-refractivity contribution is -0.117. The fourth-order valence-electron chi connectivity index (χ4n) is 1.79. The minimum atomic E-state index is 0.138. The highest BCUT2D eigenvalue weighted by Gasteiger charge is 2.22. The highest BCUT2D eigenvalue weighted by atomic mass is 16.1. The summed E-state index contributed by atoms with van der Waals surface area (Å²) in [5.74, 6) is 0.793. The molecular weight excluding hydrogens is 150 g/mol. The molecule has 2 nitrogen and oxygen atoms in total. The first-order valence-electron chi connectivity index (χ1n) is 4.62. The summed E-state index contributed by atoms with van der Waals surface area (Å²) < 4.78 is 0. The Morgan fingerprint density at radius 3 is 2.67 bits per heavy atom. The molecule has 0 heterocycles. The van der Waals surface area contributed by atoms with E-state index in [0.29, 0.717) is 5.92 Å². The van der Waals surface area contributed by atoms with Crippen LogP contribution < -0.4 is 5.32 Å². The molecule has 0 radical (unpaired) electrons. The van der Waals surface area contributed by atoms with E-state index in [-0.39, 0.29) is 5.91 Å². The second-order valence-electron chi connectivity index (χ2n) is 3.63. The third-order valence-electron chi connectivity index (χ3n) is 2.33. The van der Waals surface area contributed by atoms with Gasteiger partial charge in [-0.2, -0.15) is 0 Å². The van der Waals surface area contributed by atoms with Crippen LogP contribution in [0.5, 0.6) is 0 Å². The number of carbonyl (C=O) groups is 1. The summed E-state index contributed by atoms with van der Waals surface area (Å²) in [6, 6.07) is 0. The van der Waals surface area contributed by atoms with E-state index >= 15 is 0 Å². The normalized spacial score (nSPS) is 23.1. The van der Waals surface area contributed by atoms with E-state index < -0.39 is 0 Å². The van der Waals surface area contributed by atoms with Gasteiger partial charge in [0.1, 0.15) is 0 Å². The fraction of sp³-hybridized carbons (Fsp3) is 0.700. The lowest BCUT2D eigenvalue weighted by Gasteiger charge is -2.03. The molecule has 0 saturated carbocycles. The van der Waals surface area contributed by atoms with Crippen molar-refractivity contribution in [2.24, 2.45) is 5.92 Å². The van der Waals surface area contributed by atoms with Crippen LogP contribution in [0.15, 0.2) is 11.1 Å². The van der Waals surface area contributed by atoms with E-state index in [2.05, 4.69) is 19.2 Å². The molecule has 1 atom stereocenters. The Morgan fingerprint density at radius 2 is 2.25 bits per heavy atom. The number of carbonyl (C=O) groups excluding carboxylic acids is 1. The van der Waals surface area contributed by atoms with Crippen molar-refractivity contribution in [3.05, 3.63) is 11.1 Å².